The minimum Gasteiger partial charge on any atom is -0.486 e. The highest BCUT2D eigenvalue weighted by Crippen LogP contribution is 2.30. The molecular weight excluding hydrogens is 354 g/mol. The molecule has 0 spiro atoms. The Morgan fingerprint density at radius 3 is 2.50 bits per heavy atom. The van der Waals surface area contributed by atoms with Gasteiger partial charge in [0.2, 0.25) is 0 Å². The van der Waals surface area contributed by atoms with Crippen LogP contribution in [-0.2, 0) is 17.9 Å². The van der Waals surface area contributed by atoms with E-state index >= 15 is 0 Å². The molecule has 0 radical (unpaired) electrons. The number of nitrogens with one attached hydrogen (secondary N) is 2. The van der Waals surface area contributed by atoms with Crippen molar-refractivity contribution in [1.29, 1.82) is 0 Å². The summed E-state index contributed by atoms with van der Waals surface area (Å²) in [6.45, 7) is 6.54. The van der Waals surface area contributed by atoms with Gasteiger partial charge in [-0.05, 0) is 37.1 Å². The van der Waals surface area contributed by atoms with Crippen LogP contribution in [0.3, 0.4) is 0 Å². The Hall–Kier alpha value is -2.73. The van der Waals surface area contributed by atoms with Crippen LogP contribution in [0.2, 0.25) is 0 Å². The Bertz CT molecular complexity index is 775. The van der Waals surface area contributed by atoms with E-state index in [1.165, 1.54) is 11.1 Å². The zero-order valence-corrected chi connectivity index (χ0v) is 16.8. The molecule has 6 nitrogen and oxygen atoms in total. The molecule has 3 rings (SSSR count). The molecule has 0 aliphatic carbocycles. The van der Waals surface area contributed by atoms with Gasteiger partial charge in [0.15, 0.2) is 17.5 Å². The molecule has 1 unspecified atom stereocenters. The standard InChI is InChI=1S/C22H29N3O3/c1-16(2)26-14-18-10-8-17(9-11-18)12-24-22(23-3)25-13-19-15-27-20-6-4-5-7-21(20)28-19/h4-11,16,19H,12-15H2,1-3H3,(H2,23,24,25). The van der Waals surface area contributed by atoms with Crippen molar-refractivity contribution in [3.8, 4) is 11.5 Å². The Morgan fingerprint density at radius 2 is 1.79 bits per heavy atom. The molecule has 1 heterocycles. The van der Waals surface area contributed by atoms with Crippen LogP contribution in [0.25, 0.3) is 0 Å². The molecule has 0 amide bonds. The molecule has 1 aliphatic rings. The summed E-state index contributed by atoms with van der Waals surface area (Å²) in [5.41, 5.74) is 2.36. The molecule has 28 heavy (non-hydrogen) atoms. The Kier molecular flexibility index (Phi) is 7.14. The molecule has 0 aromatic heterocycles. The normalized spacial score (nSPS) is 16.1. The summed E-state index contributed by atoms with van der Waals surface area (Å²) in [5, 5.41) is 6.62. The Balaban J connectivity index is 1.42. The van der Waals surface area contributed by atoms with E-state index in [0.29, 0.717) is 26.3 Å². The predicted molar refractivity (Wildman–Crippen MR) is 111 cm³/mol. The SMILES string of the molecule is CN=C(NCc1ccc(COC(C)C)cc1)NCC1COc2ccccc2O1. The van der Waals surface area contributed by atoms with E-state index in [1.807, 2.05) is 38.1 Å². The minimum absolute atomic E-state index is 0.0614. The highest BCUT2D eigenvalue weighted by Gasteiger charge is 2.20. The first-order chi connectivity index (χ1) is 13.6. The zero-order valence-electron chi connectivity index (χ0n) is 16.8. The molecule has 0 saturated heterocycles. The van der Waals surface area contributed by atoms with E-state index in [1.54, 1.807) is 7.05 Å². The Labute approximate surface area is 166 Å². The van der Waals surface area contributed by atoms with Crippen LogP contribution >= 0.6 is 0 Å². The molecule has 150 valence electrons. The van der Waals surface area contributed by atoms with E-state index in [9.17, 15) is 0 Å². The maximum absolute atomic E-state index is 5.96. The molecule has 1 aliphatic heterocycles. The lowest BCUT2D eigenvalue weighted by Crippen LogP contribution is -2.45. The van der Waals surface area contributed by atoms with Gasteiger partial charge in [-0.25, -0.2) is 0 Å². The van der Waals surface area contributed by atoms with E-state index in [0.717, 1.165) is 17.5 Å². The molecule has 2 aromatic carbocycles. The summed E-state index contributed by atoms with van der Waals surface area (Å²) in [6.07, 6.45) is 0.177. The second-order valence-corrected chi connectivity index (χ2v) is 6.98. The molecule has 0 saturated carbocycles. The van der Waals surface area contributed by atoms with Gasteiger partial charge in [0.05, 0.1) is 19.3 Å². The number of benzene rings is 2. The fourth-order valence-electron chi connectivity index (χ4n) is 2.80. The van der Waals surface area contributed by atoms with Gasteiger partial charge in [-0.2, -0.15) is 0 Å². The molecular formula is C22H29N3O3. The number of rotatable bonds is 7. The van der Waals surface area contributed by atoms with Crippen molar-refractivity contribution < 1.29 is 14.2 Å². The van der Waals surface area contributed by atoms with Crippen molar-refractivity contribution in [3.63, 3.8) is 0 Å². The number of nitrogens with zero attached hydrogens (tertiary/aromatic N) is 1. The van der Waals surface area contributed by atoms with Crippen molar-refractivity contribution in [1.82, 2.24) is 10.6 Å². The molecule has 0 fully saturated rings. The Morgan fingerprint density at radius 1 is 1.07 bits per heavy atom. The number of hydrogen-bond acceptors (Lipinski definition) is 4. The predicted octanol–water partition coefficient (Wildman–Crippen LogP) is 3.12. The summed E-state index contributed by atoms with van der Waals surface area (Å²) < 4.78 is 17.3. The van der Waals surface area contributed by atoms with Crippen molar-refractivity contribution in [3.05, 3.63) is 59.7 Å². The molecule has 2 aromatic rings. The van der Waals surface area contributed by atoms with Gasteiger partial charge in [-0.1, -0.05) is 36.4 Å². The number of guanidine groups is 1. The van der Waals surface area contributed by atoms with Crippen LogP contribution < -0.4 is 20.1 Å². The first kappa shape index (κ1) is 20.0. The van der Waals surface area contributed by atoms with Gasteiger partial charge in [0.1, 0.15) is 12.7 Å². The summed E-state index contributed by atoms with van der Waals surface area (Å²) in [6, 6.07) is 16.1. The minimum atomic E-state index is -0.0614. The second-order valence-electron chi connectivity index (χ2n) is 6.98. The van der Waals surface area contributed by atoms with Crippen molar-refractivity contribution >= 4 is 5.96 Å². The lowest BCUT2D eigenvalue weighted by molar-refractivity contribution is 0.0657. The van der Waals surface area contributed by atoms with Crippen LogP contribution in [0.4, 0.5) is 0 Å². The van der Waals surface area contributed by atoms with Crippen LogP contribution in [0.15, 0.2) is 53.5 Å². The van der Waals surface area contributed by atoms with Gasteiger partial charge in [-0.15, -0.1) is 0 Å². The first-order valence-electron chi connectivity index (χ1n) is 9.66. The van der Waals surface area contributed by atoms with E-state index in [4.69, 9.17) is 14.2 Å². The lowest BCUT2D eigenvalue weighted by atomic mass is 10.1. The maximum Gasteiger partial charge on any atom is 0.191 e. The van der Waals surface area contributed by atoms with Crippen molar-refractivity contribution in [2.75, 3.05) is 20.2 Å². The molecule has 6 heteroatoms. The van der Waals surface area contributed by atoms with E-state index in [2.05, 4.69) is 39.9 Å². The fourth-order valence-corrected chi connectivity index (χ4v) is 2.80. The molecule has 1 atom stereocenters. The average molecular weight is 383 g/mol. The monoisotopic (exact) mass is 383 g/mol. The number of ether oxygens (including phenoxy) is 3. The van der Waals surface area contributed by atoms with Crippen LogP contribution in [0, 0.1) is 0 Å². The third kappa shape index (κ3) is 5.89. The first-order valence-corrected chi connectivity index (χ1v) is 9.66. The van der Waals surface area contributed by atoms with Crippen LogP contribution in [-0.4, -0.2) is 38.4 Å². The highest BCUT2D eigenvalue weighted by molar-refractivity contribution is 5.79. The number of hydrogen-bond donors (Lipinski definition) is 2. The second kappa shape index (κ2) is 9.99. The van der Waals surface area contributed by atoms with Crippen LogP contribution in [0.5, 0.6) is 11.5 Å². The third-order valence-corrected chi connectivity index (χ3v) is 4.35. The summed E-state index contributed by atoms with van der Waals surface area (Å²) >= 11 is 0. The van der Waals surface area contributed by atoms with Gasteiger partial charge in [0.25, 0.3) is 0 Å². The highest BCUT2D eigenvalue weighted by atomic mass is 16.6. The van der Waals surface area contributed by atoms with Gasteiger partial charge in [-0.3, -0.25) is 4.99 Å². The summed E-state index contributed by atoms with van der Waals surface area (Å²) in [5.74, 6) is 2.31. The zero-order chi connectivity index (χ0) is 19.8. The van der Waals surface area contributed by atoms with Gasteiger partial charge < -0.3 is 24.8 Å². The lowest BCUT2D eigenvalue weighted by Gasteiger charge is -2.27. The number of fused-ring (bicyclic) bond motifs is 1. The average Bonchev–Trinajstić information content (AvgIpc) is 2.73. The van der Waals surface area contributed by atoms with E-state index < -0.39 is 0 Å². The van der Waals surface area contributed by atoms with Crippen LogP contribution in [0.1, 0.15) is 25.0 Å². The largest absolute Gasteiger partial charge is 0.486 e. The number of aliphatic imine (C=N–C) groups is 1. The molecule has 0 bridgehead atoms. The quantitative estimate of drug-likeness (QED) is 0.568. The molecule has 2 N–H and O–H groups in total. The number of para-hydroxylation sites is 2. The van der Waals surface area contributed by atoms with Crippen molar-refractivity contribution in [2.45, 2.75) is 39.2 Å². The fraction of sp³-hybridized carbons (Fsp3) is 0.409. The van der Waals surface area contributed by atoms with Crippen molar-refractivity contribution in [2.24, 2.45) is 4.99 Å². The smallest absolute Gasteiger partial charge is 0.191 e. The topological polar surface area (TPSA) is 64.1 Å². The van der Waals surface area contributed by atoms with Gasteiger partial charge >= 0.3 is 0 Å². The van der Waals surface area contributed by atoms with Gasteiger partial charge in [0, 0.05) is 13.6 Å². The third-order valence-electron chi connectivity index (χ3n) is 4.35. The van der Waals surface area contributed by atoms with E-state index in [-0.39, 0.29) is 12.2 Å². The summed E-state index contributed by atoms with van der Waals surface area (Å²) in [7, 11) is 1.76. The summed E-state index contributed by atoms with van der Waals surface area (Å²) in [4.78, 5) is 4.28. The maximum atomic E-state index is 5.96.